The molecule has 5 heteroatoms. The van der Waals surface area contributed by atoms with E-state index in [1.807, 2.05) is 6.92 Å². The van der Waals surface area contributed by atoms with Crippen LogP contribution in [-0.4, -0.2) is 17.3 Å². The van der Waals surface area contributed by atoms with Crippen molar-refractivity contribution in [3.63, 3.8) is 0 Å². The lowest BCUT2D eigenvalue weighted by atomic mass is 10.1. The summed E-state index contributed by atoms with van der Waals surface area (Å²) in [5.74, 6) is -2.31. The zero-order valence-electron chi connectivity index (χ0n) is 10.4. The fourth-order valence-electron chi connectivity index (χ4n) is 1.63. The van der Waals surface area contributed by atoms with Crippen LogP contribution in [-0.2, 0) is 0 Å². The highest BCUT2D eigenvalue weighted by Crippen LogP contribution is 2.16. The van der Waals surface area contributed by atoms with Gasteiger partial charge in [-0.2, -0.15) is 0 Å². The van der Waals surface area contributed by atoms with E-state index in [1.54, 1.807) is 0 Å². The number of rotatable bonds is 5. The zero-order valence-corrected chi connectivity index (χ0v) is 12.0. The minimum Gasteiger partial charge on any atom is -0.349 e. The molecule has 0 fully saturated rings. The van der Waals surface area contributed by atoms with E-state index in [9.17, 15) is 13.6 Å². The molecule has 0 aliphatic rings. The van der Waals surface area contributed by atoms with Crippen molar-refractivity contribution in [1.29, 1.82) is 0 Å². The maximum absolute atomic E-state index is 13.7. The van der Waals surface area contributed by atoms with Crippen LogP contribution in [0.15, 0.2) is 12.1 Å². The first-order valence-corrected chi connectivity index (χ1v) is 6.94. The Bertz CT molecular complexity index is 437. The first-order chi connectivity index (χ1) is 8.51. The number of hydrogen-bond donors (Lipinski definition) is 1. The van der Waals surface area contributed by atoms with Crippen LogP contribution in [0.4, 0.5) is 8.78 Å². The zero-order chi connectivity index (χ0) is 13.7. The Balaban J connectivity index is 2.93. The average molecular weight is 320 g/mol. The molecule has 0 aliphatic carbocycles. The van der Waals surface area contributed by atoms with Gasteiger partial charge in [0.25, 0.3) is 5.91 Å². The van der Waals surface area contributed by atoms with E-state index in [0.717, 1.165) is 17.8 Å². The van der Waals surface area contributed by atoms with Crippen molar-refractivity contribution in [3.05, 3.63) is 34.9 Å². The predicted octanol–water partition coefficient (Wildman–Crippen LogP) is 3.57. The lowest BCUT2D eigenvalue weighted by Crippen LogP contribution is -2.35. The Kier molecular flexibility index (Phi) is 5.72. The Labute approximate surface area is 114 Å². The first-order valence-electron chi connectivity index (χ1n) is 5.82. The summed E-state index contributed by atoms with van der Waals surface area (Å²) in [4.78, 5) is 11.9. The van der Waals surface area contributed by atoms with Crippen LogP contribution < -0.4 is 5.32 Å². The molecule has 2 nitrogen and oxygen atoms in total. The maximum Gasteiger partial charge on any atom is 0.257 e. The molecule has 0 saturated carbocycles. The number of benzene rings is 1. The second-order valence-electron chi connectivity index (χ2n) is 4.11. The van der Waals surface area contributed by atoms with Gasteiger partial charge < -0.3 is 5.32 Å². The van der Waals surface area contributed by atoms with Gasteiger partial charge in [0.15, 0.2) is 0 Å². The van der Waals surface area contributed by atoms with Crippen LogP contribution in [0.3, 0.4) is 0 Å². The summed E-state index contributed by atoms with van der Waals surface area (Å²) in [6.45, 7) is 3.41. The van der Waals surface area contributed by atoms with Crippen LogP contribution in [0.5, 0.6) is 0 Å². The smallest absolute Gasteiger partial charge is 0.257 e. The van der Waals surface area contributed by atoms with Crippen molar-refractivity contribution in [2.24, 2.45) is 0 Å². The summed E-state index contributed by atoms with van der Waals surface area (Å²) in [6.07, 6.45) is 1.43. The largest absolute Gasteiger partial charge is 0.349 e. The molecule has 1 atom stereocenters. The van der Waals surface area contributed by atoms with Gasteiger partial charge in [-0.3, -0.25) is 4.79 Å². The van der Waals surface area contributed by atoms with E-state index in [1.165, 1.54) is 13.0 Å². The lowest BCUT2D eigenvalue weighted by Gasteiger charge is -2.16. The van der Waals surface area contributed by atoms with E-state index < -0.39 is 23.1 Å². The molecule has 100 valence electrons. The summed E-state index contributed by atoms with van der Waals surface area (Å²) in [7, 11) is 0. The summed E-state index contributed by atoms with van der Waals surface area (Å²) >= 11 is 3.28. The fraction of sp³-hybridized carbons (Fsp3) is 0.462. The topological polar surface area (TPSA) is 29.1 Å². The molecule has 0 aromatic heterocycles. The van der Waals surface area contributed by atoms with Gasteiger partial charge in [-0.1, -0.05) is 28.9 Å². The minimum absolute atomic E-state index is 0.0869. The van der Waals surface area contributed by atoms with E-state index in [0.29, 0.717) is 6.42 Å². The van der Waals surface area contributed by atoms with Gasteiger partial charge in [0.05, 0.1) is 0 Å². The van der Waals surface area contributed by atoms with Crippen LogP contribution in [0.2, 0.25) is 0 Å². The monoisotopic (exact) mass is 319 g/mol. The van der Waals surface area contributed by atoms with Crippen LogP contribution >= 0.6 is 15.9 Å². The number of alkyl halides is 1. The lowest BCUT2D eigenvalue weighted by molar-refractivity contribution is 0.0926. The second kappa shape index (κ2) is 6.83. The molecule has 1 unspecified atom stereocenters. The van der Waals surface area contributed by atoms with Crippen molar-refractivity contribution < 1.29 is 13.6 Å². The maximum atomic E-state index is 13.7. The van der Waals surface area contributed by atoms with Gasteiger partial charge in [0.1, 0.15) is 17.2 Å². The summed E-state index contributed by atoms with van der Waals surface area (Å²) in [6, 6.07) is 2.34. The van der Waals surface area contributed by atoms with E-state index >= 15 is 0 Å². The molecule has 1 amide bonds. The number of amides is 1. The normalized spacial score (nSPS) is 12.3. The van der Waals surface area contributed by atoms with E-state index in [4.69, 9.17) is 0 Å². The number of aryl methyl sites for hydroxylation is 1. The van der Waals surface area contributed by atoms with E-state index in [-0.39, 0.29) is 11.6 Å². The molecule has 1 N–H and O–H groups in total. The Morgan fingerprint density at radius 3 is 2.67 bits per heavy atom. The van der Waals surface area contributed by atoms with E-state index in [2.05, 4.69) is 21.2 Å². The number of hydrogen-bond acceptors (Lipinski definition) is 1. The number of halogens is 3. The van der Waals surface area contributed by atoms with Gasteiger partial charge in [0.2, 0.25) is 0 Å². The molecule has 0 heterocycles. The predicted molar refractivity (Wildman–Crippen MR) is 71.1 cm³/mol. The van der Waals surface area contributed by atoms with Crippen LogP contribution in [0.25, 0.3) is 0 Å². The van der Waals surface area contributed by atoms with Gasteiger partial charge >= 0.3 is 0 Å². The molecule has 18 heavy (non-hydrogen) atoms. The summed E-state index contributed by atoms with van der Waals surface area (Å²) in [5.41, 5.74) is -0.238. The SMILES string of the molecule is CCC(CCBr)NC(=O)c1c(F)ccc(C)c1F. The Hall–Kier alpha value is -0.970. The quantitative estimate of drug-likeness (QED) is 0.826. The van der Waals surface area contributed by atoms with Gasteiger partial charge in [0, 0.05) is 11.4 Å². The fourth-order valence-corrected chi connectivity index (χ4v) is 2.19. The number of carbonyl (C=O) groups excluding carboxylic acids is 1. The molecular formula is C13H16BrF2NO. The minimum atomic E-state index is -0.829. The molecule has 0 bridgehead atoms. The van der Waals surface area contributed by atoms with Crippen molar-refractivity contribution in [3.8, 4) is 0 Å². The summed E-state index contributed by atoms with van der Waals surface area (Å²) in [5, 5.41) is 3.37. The highest BCUT2D eigenvalue weighted by atomic mass is 79.9. The van der Waals surface area contributed by atoms with Crippen molar-refractivity contribution in [1.82, 2.24) is 5.32 Å². The highest BCUT2D eigenvalue weighted by Gasteiger charge is 2.20. The molecule has 0 spiro atoms. The average Bonchev–Trinajstić information content (AvgIpc) is 2.34. The van der Waals surface area contributed by atoms with Crippen LogP contribution in [0, 0.1) is 18.6 Å². The first kappa shape index (κ1) is 15.1. The molecule has 0 aliphatic heterocycles. The molecule has 0 radical (unpaired) electrons. The second-order valence-corrected chi connectivity index (χ2v) is 4.90. The molecule has 1 aromatic rings. The third-order valence-electron chi connectivity index (χ3n) is 2.80. The third-order valence-corrected chi connectivity index (χ3v) is 3.25. The standard InChI is InChI=1S/C13H16BrF2NO/c1-3-9(6-7-14)17-13(18)11-10(15)5-4-8(2)12(11)16/h4-5,9H,3,6-7H2,1-2H3,(H,17,18). The van der Waals surface area contributed by atoms with Gasteiger partial charge in [-0.05, 0) is 31.4 Å². The Morgan fingerprint density at radius 1 is 1.44 bits per heavy atom. The molecule has 1 rings (SSSR count). The number of nitrogens with one attached hydrogen (secondary N) is 1. The van der Waals surface area contributed by atoms with Crippen molar-refractivity contribution >= 4 is 21.8 Å². The number of carbonyl (C=O) groups is 1. The van der Waals surface area contributed by atoms with Gasteiger partial charge in [-0.25, -0.2) is 8.78 Å². The Morgan fingerprint density at radius 2 is 2.11 bits per heavy atom. The highest BCUT2D eigenvalue weighted by molar-refractivity contribution is 9.09. The summed E-state index contributed by atoms with van der Waals surface area (Å²) < 4.78 is 27.3. The third kappa shape index (κ3) is 3.51. The molecular weight excluding hydrogens is 304 g/mol. The van der Waals surface area contributed by atoms with Gasteiger partial charge in [-0.15, -0.1) is 0 Å². The molecule has 0 saturated heterocycles. The molecule has 1 aromatic carbocycles. The van der Waals surface area contributed by atoms with Crippen molar-refractivity contribution in [2.75, 3.05) is 5.33 Å². The van der Waals surface area contributed by atoms with Crippen LogP contribution in [0.1, 0.15) is 35.7 Å². The van der Waals surface area contributed by atoms with Crippen molar-refractivity contribution in [2.45, 2.75) is 32.7 Å².